The van der Waals surface area contributed by atoms with E-state index in [-0.39, 0.29) is 18.6 Å². The number of aliphatic hydroxyl groups excluding tert-OH is 1. The van der Waals surface area contributed by atoms with E-state index in [9.17, 15) is 18.7 Å². The van der Waals surface area contributed by atoms with Crippen molar-refractivity contribution in [3.8, 4) is 5.75 Å². The Hall–Kier alpha value is -3.20. The summed E-state index contributed by atoms with van der Waals surface area (Å²) in [5.41, 5.74) is 1.41. The second-order valence-corrected chi connectivity index (χ2v) is 8.12. The molecular weight excluding hydrogens is 418 g/mol. The first-order chi connectivity index (χ1) is 15.4. The maximum atomic E-state index is 14.6. The maximum Gasteiger partial charge on any atom is 0.315 e. The van der Waals surface area contributed by atoms with Gasteiger partial charge in [0.25, 0.3) is 0 Å². The van der Waals surface area contributed by atoms with Gasteiger partial charge < -0.3 is 25.5 Å². The molecule has 1 fully saturated rings. The summed E-state index contributed by atoms with van der Waals surface area (Å²) in [6.45, 7) is 0. The Morgan fingerprint density at radius 2 is 2.00 bits per heavy atom. The maximum absolute atomic E-state index is 14.6. The van der Waals surface area contributed by atoms with Crippen molar-refractivity contribution in [1.29, 1.82) is 0 Å². The number of aromatic nitrogens is 2. The minimum absolute atomic E-state index is 0.0402. The molecule has 1 aliphatic carbocycles. The molecule has 7 nitrogen and oxygen atoms in total. The van der Waals surface area contributed by atoms with Crippen molar-refractivity contribution in [2.45, 2.75) is 50.3 Å². The highest BCUT2D eigenvalue weighted by Gasteiger charge is 2.24. The monoisotopic (exact) mass is 444 g/mol. The van der Waals surface area contributed by atoms with E-state index in [4.69, 9.17) is 4.74 Å². The van der Waals surface area contributed by atoms with Gasteiger partial charge in [-0.15, -0.1) is 0 Å². The molecule has 0 aliphatic heterocycles. The second kappa shape index (κ2) is 9.52. The number of ether oxygens (including phenoxy) is 1. The lowest BCUT2D eigenvalue weighted by atomic mass is 9.93. The van der Waals surface area contributed by atoms with E-state index in [1.165, 1.54) is 25.3 Å². The van der Waals surface area contributed by atoms with Gasteiger partial charge in [0.15, 0.2) is 0 Å². The normalized spacial score (nSPS) is 19.5. The number of urea groups is 1. The van der Waals surface area contributed by atoms with Crippen molar-refractivity contribution >= 4 is 17.1 Å². The molecule has 32 heavy (non-hydrogen) atoms. The number of halogens is 2. The lowest BCUT2D eigenvalue weighted by molar-refractivity contribution is 0.117. The van der Waals surface area contributed by atoms with E-state index in [1.54, 1.807) is 18.2 Å². The quantitative estimate of drug-likeness (QED) is 0.466. The zero-order valence-electron chi connectivity index (χ0n) is 17.7. The number of H-pyrrole nitrogens is 1. The van der Waals surface area contributed by atoms with Gasteiger partial charge in [-0.2, -0.15) is 0 Å². The van der Waals surface area contributed by atoms with E-state index in [2.05, 4.69) is 20.6 Å². The molecule has 9 heteroatoms. The number of carbonyl (C=O) groups is 1. The number of nitrogens with one attached hydrogen (secondary N) is 3. The molecule has 1 aliphatic rings. The second-order valence-electron chi connectivity index (χ2n) is 8.12. The Labute approximate surface area is 184 Å². The fourth-order valence-corrected chi connectivity index (χ4v) is 4.03. The van der Waals surface area contributed by atoms with Crippen LogP contribution >= 0.6 is 0 Å². The molecule has 4 N–H and O–H groups in total. The predicted octanol–water partition coefficient (Wildman–Crippen LogP) is 3.74. The molecule has 2 aromatic carbocycles. The number of rotatable bonds is 6. The summed E-state index contributed by atoms with van der Waals surface area (Å²) in [7, 11) is 1.46. The molecule has 0 saturated heterocycles. The topological polar surface area (TPSA) is 99.3 Å². The van der Waals surface area contributed by atoms with Gasteiger partial charge in [0, 0.05) is 18.5 Å². The highest BCUT2D eigenvalue weighted by atomic mass is 19.1. The molecule has 2 amide bonds. The number of fused-ring (bicyclic) bond motifs is 1. The van der Waals surface area contributed by atoms with Crippen LogP contribution < -0.4 is 15.4 Å². The fraction of sp³-hybridized carbons (Fsp3) is 0.391. The van der Waals surface area contributed by atoms with Gasteiger partial charge in [-0.1, -0.05) is 6.07 Å². The summed E-state index contributed by atoms with van der Waals surface area (Å²) in [5, 5.41) is 15.5. The first kappa shape index (κ1) is 22.0. The summed E-state index contributed by atoms with van der Waals surface area (Å²) < 4.78 is 33.3. The first-order valence-corrected chi connectivity index (χ1v) is 10.6. The average Bonchev–Trinajstić information content (AvgIpc) is 3.19. The van der Waals surface area contributed by atoms with Crippen molar-refractivity contribution < 1.29 is 23.4 Å². The van der Waals surface area contributed by atoms with Crippen molar-refractivity contribution in [2.75, 3.05) is 7.11 Å². The molecule has 1 heterocycles. The third kappa shape index (κ3) is 5.16. The molecule has 170 valence electrons. The molecule has 3 aromatic rings. The van der Waals surface area contributed by atoms with E-state index in [0.29, 0.717) is 53.9 Å². The third-order valence-corrected chi connectivity index (χ3v) is 5.81. The zero-order valence-corrected chi connectivity index (χ0v) is 17.7. The summed E-state index contributed by atoms with van der Waals surface area (Å²) in [4.78, 5) is 20.2. The van der Waals surface area contributed by atoms with E-state index in [0.717, 1.165) is 0 Å². The third-order valence-electron chi connectivity index (χ3n) is 5.81. The summed E-state index contributed by atoms with van der Waals surface area (Å²) >= 11 is 0. The van der Waals surface area contributed by atoms with Crippen LogP contribution in [0.5, 0.6) is 5.75 Å². The highest BCUT2D eigenvalue weighted by molar-refractivity contribution is 5.76. The number of imidazole rings is 1. The van der Waals surface area contributed by atoms with Crippen LogP contribution in [0.4, 0.5) is 13.6 Å². The molecule has 0 bridgehead atoms. The molecule has 1 atom stereocenters. The number of hydrogen-bond acceptors (Lipinski definition) is 4. The van der Waals surface area contributed by atoms with Gasteiger partial charge in [0.05, 0.1) is 30.3 Å². The number of aromatic amines is 1. The lowest BCUT2D eigenvalue weighted by Crippen LogP contribution is -2.45. The van der Waals surface area contributed by atoms with Crippen LogP contribution in [0.25, 0.3) is 11.0 Å². The smallest absolute Gasteiger partial charge is 0.315 e. The van der Waals surface area contributed by atoms with Crippen LogP contribution in [0, 0.1) is 11.6 Å². The van der Waals surface area contributed by atoms with Crippen LogP contribution in [0.15, 0.2) is 36.4 Å². The Balaban J connectivity index is 1.56. The predicted molar refractivity (Wildman–Crippen MR) is 115 cm³/mol. The summed E-state index contributed by atoms with van der Waals surface area (Å²) in [6.07, 6.45) is 2.47. The minimum Gasteiger partial charge on any atom is -0.497 e. The van der Waals surface area contributed by atoms with Gasteiger partial charge in [0.1, 0.15) is 23.2 Å². The summed E-state index contributed by atoms with van der Waals surface area (Å²) in [6, 6.07) is 7.59. The van der Waals surface area contributed by atoms with Crippen LogP contribution in [0.3, 0.4) is 0 Å². The Bertz CT molecular complexity index is 1100. The first-order valence-electron chi connectivity index (χ1n) is 10.6. The van der Waals surface area contributed by atoms with E-state index >= 15 is 0 Å². The molecular formula is C23H26F2N4O3. The van der Waals surface area contributed by atoms with Crippen LogP contribution in [0.1, 0.15) is 43.1 Å². The van der Waals surface area contributed by atoms with Crippen molar-refractivity contribution in [2.24, 2.45) is 0 Å². The highest BCUT2D eigenvalue weighted by Crippen LogP contribution is 2.24. The minimum atomic E-state index is -0.678. The molecule has 1 saturated carbocycles. The van der Waals surface area contributed by atoms with E-state index in [1.807, 2.05) is 0 Å². The van der Waals surface area contributed by atoms with Crippen molar-refractivity contribution in [3.05, 3.63) is 59.4 Å². The number of aliphatic hydroxyl groups is 1. The lowest BCUT2D eigenvalue weighted by Gasteiger charge is -2.27. The Morgan fingerprint density at radius 1 is 1.22 bits per heavy atom. The van der Waals surface area contributed by atoms with E-state index < -0.39 is 23.7 Å². The molecule has 4 rings (SSSR count). The van der Waals surface area contributed by atoms with Crippen molar-refractivity contribution in [1.82, 2.24) is 20.6 Å². The SMILES string of the molecule is COc1ccc(C[C@@H](NC(=O)N[C@H]2CC[C@H](O)CC2)c2nc3ccc(F)cc3[nH]2)c(F)c1. The number of nitrogens with zero attached hydrogens (tertiary/aromatic N) is 1. The molecule has 0 radical (unpaired) electrons. The number of benzene rings is 2. The van der Waals surface area contributed by atoms with Gasteiger partial charge in [-0.05, 0) is 55.5 Å². The summed E-state index contributed by atoms with van der Waals surface area (Å²) in [5.74, 6) is -0.0714. The molecule has 0 unspecified atom stereocenters. The van der Waals surface area contributed by atoms with Crippen LogP contribution in [-0.2, 0) is 6.42 Å². The number of amides is 2. The number of carbonyl (C=O) groups excluding carboxylic acids is 1. The largest absolute Gasteiger partial charge is 0.497 e. The standard InChI is InChI=1S/C23H26F2N4O3/c1-32-17-8-2-13(18(25)12-17)10-21(22-27-19-9-3-14(24)11-20(19)28-22)29-23(31)26-15-4-6-16(30)7-5-15/h2-3,8-9,11-12,15-16,21,30H,4-7,10H2,1H3,(H,27,28)(H2,26,29,31)/t15-,16-,21-/m1/s1. The van der Waals surface area contributed by atoms with Gasteiger partial charge in [-0.25, -0.2) is 18.6 Å². The Kier molecular flexibility index (Phi) is 6.55. The van der Waals surface area contributed by atoms with Crippen molar-refractivity contribution in [3.63, 3.8) is 0 Å². The van der Waals surface area contributed by atoms with Crippen LogP contribution in [0.2, 0.25) is 0 Å². The number of methoxy groups -OCH3 is 1. The van der Waals surface area contributed by atoms with Gasteiger partial charge in [-0.3, -0.25) is 0 Å². The number of hydrogen-bond donors (Lipinski definition) is 4. The Morgan fingerprint density at radius 3 is 2.72 bits per heavy atom. The zero-order chi connectivity index (χ0) is 22.7. The fourth-order valence-electron chi connectivity index (χ4n) is 4.03. The average molecular weight is 444 g/mol. The van der Waals surface area contributed by atoms with Gasteiger partial charge in [0.2, 0.25) is 0 Å². The van der Waals surface area contributed by atoms with Crippen LogP contribution in [-0.4, -0.2) is 40.4 Å². The molecule has 1 aromatic heterocycles. The molecule has 0 spiro atoms. The van der Waals surface area contributed by atoms with Gasteiger partial charge >= 0.3 is 6.03 Å².